The van der Waals surface area contributed by atoms with Crippen LogP contribution in [0.25, 0.3) is 21.8 Å². The molecule has 6 nitrogen and oxygen atoms in total. The predicted molar refractivity (Wildman–Crippen MR) is 124 cm³/mol. The lowest BCUT2D eigenvalue weighted by molar-refractivity contribution is -0.115. The molecule has 0 unspecified atom stereocenters. The number of nitrogens with zero attached hydrogens (tertiary/aromatic N) is 2. The first-order valence-electron chi connectivity index (χ1n) is 9.49. The lowest BCUT2D eigenvalue weighted by Gasteiger charge is -2.01. The zero-order chi connectivity index (χ0) is 21.8. The summed E-state index contributed by atoms with van der Waals surface area (Å²) in [4.78, 5) is 34.2. The molecule has 1 amide bonds. The van der Waals surface area contributed by atoms with Crippen LogP contribution in [0.15, 0.2) is 60.0 Å². The van der Waals surface area contributed by atoms with Crippen LogP contribution in [0, 0.1) is 0 Å². The van der Waals surface area contributed by atoms with Gasteiger partial charge < -0.3 is 10.1 Å². The molecule has 8 heteroatoms. The molecule has 2 heterocycles. The molecule has 31 heavy (non-hydrogen) atoms. The fourth-order valence-electron chi connectivity index (χ4n) is 2.99. The fraction of sp³-hybridized carbons (Fsp3) is 0.130. The Morgan fingerprint density at radius 3 is 2.42 bits per heavy atom. The van der Waals surface area contributed by atoms with E-state index in [1.54, 1.807) is 7.11 Å². The quantitative estimate of drug-likeness (QED) is 0.386. The van der Waals surface area contributed by atoms with Crippen molar-refractivity contribution in [1.82, 2.24) is 9.97 Å². The minimum Gasteiger partial charge on any atom is -0.497 e. The summed E-state index contributed by atoms with van der Waals surface area (Å²) < 4.78 is 5.18. The van der Waals surface area contributed by atoms with Gasteiger partial charge in [-0.1, -0.05) is 41.7 Å². The molecule has 0 aliphatic heterocycles. The smallest absolute Gasteiger partial charge is 0.232 e. The van der Waals surface area contributed by atoms with Crippen molar-refractivity contribution in [2.45, 2.75) is 13.3 Å². The van der Waals surface area contributed by atoms with Gasteiger partial charge in [-0.25, -0.2) is 9.97 Å². The predicted octanol–water partition coefficient (Wildman–Crippen LogP) is 5.33. The van der Waals surface area contributed by atoms with E-state index in [2.05, 4.69) is 15.3 Å². The van der Waals surface area contributed by atoms with Crippen molar-refractivity contribution in [3.8, 4) is 27.6 Å². The Kier molecular flexibility index (Phi) is 6.20. The molecule has 4 rings (SSSR count). The van der Waals surface area contributed by atoms with Crippen LogP contribution >= 0.6 is 22.7 Å². The Morgan fingerprint density at radius 2 is 1.74 bits per heavy atom. The van der Waals surface area contributed by atoms with Gasteiger partial charge in [-0.05, 0) is 24.3 Å². The molecule has 0 spiro atoms. The first-order chi connectivity index (χ1) is 15.0. The van der Waals surface area contributed by atoms with Gasteiger partial charge in [0, 0.05) is 23.4 Å². The number of rotatable bonds is 7. The van der Waals surface area contributed by atoms with Crippen molar-refractivity contribution in [2.24, 2.45) is 0 Å². The normalized spacial score (nSPS) is 10.6. The summed E-state index contributed by atoms with van der Waals surface area (Å²) in [6.07, 6.45) is 0.127. The summed E-state index contributed by atoms with van der Waals surface area (Å²) >= 11 is 2.67. The van der Waals surface area contributed by atoms with Crippen molar-refractivity contribution in [3.63, 3.8) is 0 Å². The fourth-order valence-corrected chi connectivity index (χ4v) is 4.71. The summed E-state index contributed by atoms with van der Waals surface area (Å²) in [5.74, 6) is 0.471. The molecule has 2 aromatic carbocycles. The lowest BCUT2D eigenvalue weighted by Crippen LogP contribution is -2.14. The molecule has 1 N–H and O–H groups in total. The first-order valence-corrected chi connectivity index (χ1v) is 11.2. The molecule has 0 aliphatic carbocycles. The molecule has 4 aromatic rings. The Bertz CT molecular complexity index is 1210. The number of Topliss-reactive ketones (excluding diaryl/α,β-unsaturated/α-hetero) is 1. The molecular weight excluding hydrogens is 430 g/mol. The summed E-state index contributed by atoms with van der Waals surface area (Å²) in [6, 6.07) is 17.1. The second-order valence-electron chi connectivity index (χ2n) is 6.72. The third-order valence-corrected chi connectivity index (χ3v) is 6.48. The maximum absolute atomic E-state index is 12.6. The van der Waals surface area contributed by atoms with Gasteiger partial charge in [0.2, 0.25) is 5.91 Å². The molecule has 0 atom stereocenters. The van der Waals surface area contributed by atoms with Crippen molar-refractivity contribution < 1.29 is 14.3 Å². The van der Waals surface area contributed by atoms with Crippen molar-refractivity contribution in [1.29, 1.82) is 0 Å². The number of benzene rings is 2. The van der Waals surface area contributed by atoms with Crippen LogP contribution in [0.3, 0.4) is 0 Å². The summed E-state index contributed by atoms with van der Waals surface area (Å²) in [6.45, 7) is 1.50. The Hall–Kier alpha value is -3.36. The standard InChI is InChI=1S/C23H19N3O3S2/c1-14(27)21-20(15-6-4-3-5-7-15)26-23(31-21)25-19(28)12-17-13-30-22(24-17)16-8-10-18(29-2)11-9-16/h3-11,13H,12H2,1-2H3,(H,25,26,28). The molecular formula is C23H19N3O3S2. The number of thiazole rings is 2. The van der Waals surface area contributed by atoms with Crippen LogP contribution < -0.4 is 10.1 Å². The molecule has 0 aliphatic rings. The molecule has 156 valence electrons. The third-order valence-electron chi connectivity index (χ3n) is 4.47. The highest BCUT2D eigenvalue weighted by molar-refractivity contribution is 7.18. The zero-order valence-electron chi connectivity index (χ0n) is 16.9. The number of amides is 1. The average Bonchev–Trinajstić information content (AvgIpc) is 3.42. The summed E-state index contributed by atoms with van der Waals surface area (Å²) in [5, 5.41) is 5.92. The number of anilines is 1. The number of hydrogen-bond donors (Lipinski definition) is 1. The number of carbonyl (C=O) groups is 2. The van der Waals surface area contributed by atoms with E-state index in [-0.39, 0.29) is 18.1 Å². The maximum Gasteiger partial charge on any atom is 0.232 e. The van der Waals surface area contributed by atoms with Gasteiger partial charge in [0.15, 0.2) is 10.9 Å². The third kappa shape index (κ3) is 4.87. The van der Waals surface area contributed by atoms with Gasteiger partial charge >= 0.3 is 0 Å². The zero-order valence-corrected chi connectivity index (χ0v) is 18.5. The van der Waals surface area contributed by atoms with Crippen molar-refractivity contribution >= 4 is 39.5 Å². The van der Waals surface area contributed by atoms with E-state index in [1.807, 2.05) is 60.0 Å². The van der Waals surface area contributed by atoms with Crippen LogP contribution in [0.4, 0.5) is 5.13 Å². The minimum absolute atomic E-state index is 0.0829. The largest absolute Gasteiger partial charge is 0.497 e. The van der Waals surface area contributed by atoms with Gasteiger partial charge in [-0.3, -0.25) is 9.59 Å². The minimum atomic E-state index is -0.227. The van der Waals surface area contributed by atoms with E-state index in [9.17, 15) is 9.59 Å². The van der Waals surface area contributed by atoms with Gasteiger partial charge in [0.05, 0.1) is 29.8 Å². The molecule has 0 saturated carbocycles. The highest BCUT2D eigenvalue weighted by Gasteiger charge is 2.18. The Morgan fingerprint density at radius 1 is 1.00 bits per heavy atom. The maximum atomic E-state index is 12.6. The van der Waals surface area contributed by atoms with Gasteiger partial charge in [-0.2, -0.15) is 0 Å². The van der Waals surface area contributed by atoms with Crippen molar-refractivity contribution in [2.75, 3.05) is 12.4 Å². The molecule has 0 fully saturated rings. The number of nitrogens with one attached hydrogen (secondary N) is 1. The van der Waals surface area contributed by atoms with Gasteiger partial charge in [0.1, 0.15) is 10.8 Å². The van der Waals surface area contributed by atoms with E-state index in [0.717, 1.165) is 21.9 Å². The Labute approximate surface area is 187 Å². The van der Waals surface area contributed by atoms with Crippen LogP contribution in [0.1, 0.15) is 22.3 Å². The molecule has 0 bridgehead atoms. The summed E-state index contributed by atoms with van der Waals surface area (Å²) in [7, 11) is 1.62. The van der Waals surface area contributed by atoms with Crippen molar-refractivity contribution in [3.05, 3.63) is 70.5 Å². The van der Waals surface area contributed by atoms with E-state index in [4.69, 9.17) is 4.74 Å². The van der Waals surface area contributed by atoms with Crippen LogP contribution in [0.2, 0.25) is 0 Å². The topological polar surface area (TPSA) is 81.2 Å². The molecule has 0 radical (unpaired) electrons. The highest BCUT2D eigenvalue weighted by Crippen LogP contribution is 2.32. The second-order valence-corrected chi connectivity index (χ2v) is 8.57. The van der Waals surface area contributed by atoms with Crippen LogP contribution in [-0.2, 0) is 11.2 Å². The van der Waals surface area contributed by atoms with Gasteiger partial charge in [0.25, 0.3) is 0 Å². The number of aromatic nitrogens is 2. The lowest BCUT2D eigenvalue weighted by atomic mass is 10.1. The number of ether oxygens (including phenoxy) is 1. The van der Waals surface area contributed by atoms with Crippen LogP contribution in [-0.4, -0.2) is 28.8 Å². The Balaban J connectivity index is 1.47. The highest BCUT2D eigenvalue weighted by atomic mass is 32.1. The molecule has 0 saturated heterocycles. The number of methoxy groups -OCH3 is 1. The van der Waals surface area contributed by atoms with Crippen LogP contribution in [0.5, 0.6) is 5.75 Å². The second kappa shape index (κ2) is 9.20. The first kappa shape index (κ1) is 20.9. The number of ketones is 1. The molecule has 2 aromatic heterocycles. The monoisotopic (exact) mass is 449 g/mol. The van der Waals surface area contributed by atoms with Gasteiger partial charge in [-0.15, -0.1) is 11.3 Å². The number of hydrogen-bond acceptors (Lipinski definition) is 7. The average molecular weight is 450 g/mol. The SMILES string of the molecule is COc1ccc(-c2nc(CC(=O)Nc3nc(-c4ccccc4)c(C(C)=O)s3)cs2)cc1. The van der Waals surface area contributed by atoms with E-state index >= 15 is 0 Å². The summed E-state index contributed by atoms with van der Waals surface area (Å²) in [5.41, 5.74) is 3.08. The van der Waals surface area contributed by atoms with E-state index in [0.29, 0.717) is 21.4 Å². The van der Waals surface area contributed by atoms with E-state index < -0.39 is 0 Å². The van der Waals surface area contributed by atoms with E-state index in [1.165, 1.54) is 29.6 Å². The number of carbonyl (C=O) groups excluding carboxylic acids is 2.